The number of aliphatic hydroxyl groups is 1. The van der Waals surface area contributed by atoms with E-state index in [1.807, 2.05) is 32.0 Å². The van der Waals surface area contributed by atoms with Crippen LogP contribution < -0.4 is 15.4 Å². The third-order valence-electron chi connectivity index (χ3n) is 6.16. The predicted octanol–water partition coefficient (Wildman–Crippen LogP) is 3.44. The molecule has 1 saturated carbocycles. The van der Waals surface area contributed by atoms with Crippen molar-refractivity contribution in [2.75, 3.05) is 20.2 Å². The van der Waals surface area contributed by atoms with Crippen molar-refractivity contribution in [1.82, 2.24) is 25.8 Å². The van der Waals surface area contributed by atoms with Gasteiger partial charge in [-0.15, -0.1) is 0 Å². The van der Waals surface area contributed by atoms with Gasteiger partial charge in [-0.1, -0.05) is 36.6 Å². The number of rotatable bonds is 9. The molecule has 4 rings (SSSR count). The number of carbonyl (C=O) groups excluding carboxylic acids is 1. The van der Waals surface area contributed by atoms with Crippen LogP contribution in [-0.4, -0.2) is 58.5 Å². The lowest BCUT2D eigenvalue weighted by molar-refractivity contribution is 0.0922. The number of hydrogen-bond donors (Lipinski definition) is 3. The lowest BCUT2D eigenvalue weighted by Crippen LogP contribution is -2.36. The minimum absolute atomic E-state index is 0.152. The minimum atomic E-state index is -0.627. The molecule has 186 valence electrons. The molecular formula is C26H33N5O4. The summed E-state index contributed by atoms with van der Waals surface area (Å²) in [6, 6.07) is 9.18. The van der Waals surface area contributed by atoms with Crippen molar-refractivity contribution in [3.8, 4) is 28.4 Å². The molecule has 1 aliphatic carbocycles. The van der Waals surface area contributed by atoms with Crippen LogP contribution in [0.25, 0.3) is 22.6 Å². The monoisotopic (exact) mass is 479 g/mol. The van der Waals surface area contributed by atoms with Crippen molar-refractivity contribution in [2.45, 2.75) is 58.1 Å². The topological polar surface area (TPSA) is 122 Å². The number of ether oxygens (including phenoxy) is 1. The highest BCUT2D eigenvalue weighted by atomic mass is 16.5. The van der Waals surface area contributed by atoms with Gasteiger partial charge in [0.1, 0.15) is 29.9 Å². The highest BCUT2D eigenvalue weighted by Crippen LogP contribution is 2.29. The molecule has 0 aliphatic heterocycles. The lowest BCUT2D eigenvalue weighted by atomic mass is 9.95. The summed E-state index contributed by atoms with van der Waals surface area (Å²) in [5.74, 6) is 1.40. The summed E-state index contributed by atoms with van der Waals surface area (Å²) in [6.45, 7) is 4.26. The number of aliphatic hydroxyl groups excluding tert-OH is 1. The number of likely N-dealkylation sites (N-methyl/N-ethyl adjacent to an activating group) is 1. The van der Waals surface area contributed by atoms with Gasteiger partial charge < -0.3 is 25.0 Å². The first-order valence-electron chi connectivity index (χ1n) is 12.1. The molecule has 1 fully saturated rings. The van der Waals surface area contributed by atoms with Gasteiger partial charge in [0, 0.05) is 18.2 Å². The number of benzene rings is 1. The first kappa shape index (κ1) is 24.8. The van der Waals surface area contributed by atoms with Crippen LogP contribution in [-0.2, 0) is 0 Å². The molecule has 0 bridgehead atoms. The Bertz CT molecular complexity index is 1140. The van der Waals surface area contributed by atoms with Crippen molar-refractivity contribution >= 4 is 5.91 Å². The molecule has 0 saturated heterocycles. The van der Waals surface area contributed by atoms with Gasteiger partial charge in [0.15, 0.2) is 5.82 Å². The van der Waals surface area contributed by atoms with Crippen molar-refractivity contribution in [2.24, 2.45) is 0 Å². The number of aromatic nitrogens is 3. The zero-order valence-corrected chi connectivity index (χ0v) is 20.5. The molecule has 1 unspecified atom stereocenters. The highest BCUT2D eigenvalue weighted by Gasteiger charge is 2.22. The summed E-state index contributed by atoms with van der Waals surface area (Å²) < 4.78 is 11.1. The number of hydrogen-bond acceptors (Lipinski definition) is 8. The average molecular weight is 480 g/mol. The molecule has 3 aromatic rings. The summed E-state index contributed by atoms with van der Waals surface area (Å²) in [5, 5.41) is 20.1. The molecule has 2 heterocycles. The summed E-state index contributed by atoms with van der Waals surface area (Å²) in [7, 11) is 1.77. The smallest absolute Gasteiger partial charge is 0.270 e. The second kappa shape index (κ2) is 11.4. The van der Waals surface area contributed by atoms with Crippen LogP contribution in [0.15, 0.2) is 34.9 Å². The molecule has 9 nitrogen and oxygen atoms in total. The third-order valence-corrected chi connectivity index (χ3v) is 6.16. The summed E-state index contributed by atoms with van der Waals surface area (Å²) in [4.78, 5) is 22.6. The van der Waals surface area contributed by atoms with E-state index < -0.39 is 6.10 Å². The quantitative estimate of drug-likeness (QED) is 0.427. The van der Waals surface area contributed by atoms with Gasteiger partial charge >= 0.3 is 0 Å². The van der Waals surface area contributed by atoms with E-state index in [0.717, 1.165) is 31.2 Å². The molecule has 1 atom stereocenters. The molecule has 0 radical (unpaired) electrons. The summed E-state index contributed by atoms with van der Waals surface area (Å²) >= 11 is 0. The first-order chi connectivity index (χ1) is 16.9. The van der Waals surface area contributed by atoms with Crippen LogP contribution in [0.2, 0.25) is 0 Å². The van der Waals surface area contributed by atoms with E-state index in [1.54, 1.807) is 19.2 Å². The molecule has 3 N–H and O–H groups in total. The number of nitrogens with one attached hydrogen (secondary N) is 2. The van der Waals surface area contributed by atoms with Crippen LogP contribution in [0.5, 0.6) is 5.75 Å². The largest absolute Gasteiger partial charge is 0.491 e. The fourth-order valence-corrected chi connectivity index (χ4v) is 4.39. The average Bonchev–Trinajstić information content (AvgIpc) is 3.21. The van der Waals surface area contributed by atoms with Crippen LogP contribution in [0.4, 0.5) is 0 Å². The second-order valence-corrected chi connectivity index (χ2v) is 9.02. The Morgan fingerprint density at radius 3 is 2.71 bits per heavy atom. The normalized spacial score (nSPS) is 15.1. The highest BCUT2D eigenvalue weighted by molar-refractivity contribution is 5.94. The van der Waals surface area contributed by atoms with Gasteiger partial charge in [-0.2, -0.15) is 0 Å². The summed E-state index contributed by atoms with van der Waals surface area (Å²) in [6.07, 6.45) is 4.81. The van der Waals surface area contributed by atoms with E-state index in [1.165, 1.54) is 6.42 Å². The van der Waals surface area contributed by atoms with Crippen LogP contribution in [0.3, 0.4) is 0 Å². The molecule has 0 spiro atoms. The number of nitrogens with zero attached hydrogens (tertiary/aromatic N) is 3. The van der Waals surface area contributed by atoms with Crippen LogP contribution in [0, 0.1) is 13.8 Å². The Morgan fingerprint density at radius 2 is 2.00 bits per heavy atom. The van der Waals surface area contributed by atoms with Crippen LogP contribution >= 0.6 is 0 Å². The van der Waals surface area contributed by atoms with Crippen molar-refractivity contribution in [3.05, 3.63) is 47.5 Å². The number of carbonyl (C=O) groups is 1. The van der Waals surface area contributed by atoms with Gasteiger partial charge in [0.25, 0.3) is 5.91 Å². The van der Waals surface area contributed by atoms with E-state index in [4.69, 9.17) is 14.2 Å². The maximum atomic E-state index is 13.2. The minimum Gasteiger partial charge on any atom is -0.491 e. The predicted molar refractivity (Wildman–Crippen MR) is 132 cm³/mol. The first-order valence-corrected chi connectivity index (χ1v) is 12.1. The van der Waals surface area contributed by atoms with Gasteiger partial charge in [-0.25, -0.2) is 9.97 Å². The fraction of sp³-hybridized carbons (Fsp3) is 0.462. The maximum Gasteiger partial charge on any atom is 0.270 e. The van der Waals surface area contributed by atoms with E-state index in [-0.39, 0.29) is 18.6 Å². The zero-order chi connectivity index (χ0) is 24.8. The molecule has 1 aliphatic rings. The Morgan fingerprint density at radius 1 is 1.20 bits per heavy atom. The maximum absolute atomic E-state index is 13.2. The van der Waals surface area contributed by atoms with Gasteiger partial charge in [0.2, 0.25) is 0 Å². The Kier molecular flexibility index (Phi) is 8.09. The standard InChI is InChI=1S/C26H33N5O4/c1-16-24(17(2)35-31-16)22-13-23(26(33)28-19-9-5-4-6-10-19)30-25(29-22)18-8-7-11-21(12-18)34-15-20(32)14-27-3/h7-8,11-13,19-20,27,32H,4-6,9-10,14-15H2,1-3H3,(H,28,33). The van der Waals surface area contributed by atoms with E-state index in [9.17, 15) is 9.90 Å². The zero-order valence-electron chi connectivity index (χ0n) is 20.5. The Balaban J connectivity index is 1.67. The summed E-state index contributed by atoms with van der Waals surface area (Å²) in [5.41, 5.74) is 3.03. The Hall–Kier alpha value is -3.30. The fourth-order valence-electron chi connectivity index (χ4n) is 4.39. The van der Waals surface area contributed by atoms with E-state index in [0.29, 0.717) is 46.5 Å². The number of aryl methyl sites for hydroxylation is 2. The molecule has 2 aromatic heterocycles. The van der Waals surface area contributed by atoms with Crippen molar-refractivity contribution in [1.29, 1.82) is 0 Å². The third kappa shape index (κ3) is 6.23. The molecule has 1 amide bonds. The van der Waals surface area contributed by atoms with E-state index >= 15 is 0 Å². The van der Waals surface area contributed by atoms with Crippen LogP contribution in [0.1, 0.15) is 54.0 Å². The van der Waals surface area contributed by atoms with Gasteiger partial charge in [-0.3, -0.25) is 4.79 Å². The van der Waals surface area contributed by atoms with Gasteiger partial charge in [0.05, 0.1) is 17.0 Å². The second-order valence-electron chi connectivity index (χ2n) is 9.02. The Labute approximate surface area is 205 Å². The molecule has 9 heteroatoms. The van der Waals surface area contributed by atoms with E-state index in [2.05, 4.69) is 20.8 Å². The molecule has 35 heavy (non-hydrogen) atoms. The van der Waals surface area contributed by atoms with Crippen molar-refractivity contribution in [3.63, 3.8) is 0 Å². The molecule has 1 aromatic carbocycles. The number of amides is 1. The SMILES string of the molecule is CNCC(O)COc1cccc(-c2nc(C(=O)NC3CCCCC3)cc(-c3c(C)noc3C)n2)c1. The van der Waals surface area contributed by atoms with Gasteiger partial charge in [-0.05, 0) is 51.9 Å². The van der Waals surface area contributed by atoms with Crippen molar-refractivity contribution < 1.29 is 19.2 Å². The lowest BCUT2D eigenvalue weighted by Gasteiger charge is -2.22. The molecular weight excluding hydrogens is 446 g/mol.